The predicted octanol–water partition coefficient (Wildman–Crippen LogP) is 2.33. The van der Waals surface area contributed by atoms with E-state index in [9.17, 15) is 5.11 Å². The van der Waals surface area contributed by atoms with Crippen molar-refractivity contribution in [1.29, 1.82) is 0 Å². The van der Waals surface area contributed by atoms with Crippen LogP contribution in [0, 0.1) is 0 Å². The minimum Gasteiger partial charge on any atom is -0.508 e. The highest BCUT2D eigenvalue weighted by Gasteiger charge is 2.07. The Kier molecular flexibility index (Phi) is 3.76. The van der Waals surface area contributed by atoms with Crippen LogP contribution in [0.5, 0.6) is 5.75 Å². The van der Waals surface area contributed by atoms with Crippen molar-refractivity contribution in [3.63, 3.8) is 0 Å². The van der Waals surface area contributed by atoms with Gasteiger partial charge in [0.25, 0.3) is 0 Å². The average molecular weight is 248 g/mol. The number of aromatic nitrogens is 1. The van der Waals surface area contributed by atoms with Crippen molar-refractivity contribution in [2.75, 3.05) is 0 Å². The Balaban J connectivity index is 2.09. The van der Waals surface area contributed by atoms with E-state index < -0.39 is 0 Å². The lowest BCUT2D eigenvalue weighted by Gasteiger charge is -2.01. The fourth-order valence-electron chi connectivity index (χ4n) is 1.66. The molecule has 3 N–H and O–H groups in total. The third kappa shape index (κ3) is 3.28. The van der Waals surface area contributed by atoms with E-state index in [0.717, 1.165) is 17.0 Å². The molecule has 0 aliphatic carbocycles. The first-order valence-electron chi connectivity index (χ1n) is 5.61. The zero-order chi connectivity index (χ0) is 12.3. The van der Waals surface area contributed by atoms with Crippen LogP contribution >= 0.6 is 11.3 Å². The zero-order valence-corrected chi connectivity index (χ0v) is 10.6. The molecule has 1 unspecified atom stereocenters. The summed E-state index contributed by atoms with van der Waals surface area (Å²) in [7, 11) is 0. The summed E-state index contributed by atoms with van der Waals surface area (Å²) in [5, 5.41) is 10.7. The zero-order valence-electron chi connectivity index (χ0n) is 9.76. The van der Waals surface area contributed by atoms with Gasteiger partial charge in [0.05, 0.1) is 5.01 Å². The van der Waals surface area contributed by atoms with Gasteiger partial charge in [0, 0.05) is 29.1 Å². The Morgan fingerprint density at radius 2 is 2.18 bits per heavy atom. The quantitative estimate of drug-likeness (QED) is 0.873. The number of nitrogens with zero attached hydrogens (tertiary/aromatic N) is 1. The number of hydrogen-bond acceptors (Lipinski definition) is 4. The van der Waals surface area contributed by atoms with Gasteiger partial charge in [-0.1, -0.05) is 18.2 Å². The lowest BCUT2D eigenvalue weighted by Crippen LogP contribution is -2.16. The van der Waals surface area contributed by atoms with Crippen LogP contribution in [-0.4, -0.2) is 16.1 Å². The van der Waals surface area contributed by atoms with Gasteiger partial charge < -0.3 is 10.8 Å². The molecule has 17 heavy (non-hydrogen) atoms. The van der Waals surface area contributed by atoms with Crippen LogP contribution in [-0.2, 0) is 12.8 Å². The Morgan fingerprint density at radius 3 is 2.88 bits per heavy atom. The van der Waals surface area contributed by atoms with E-state index in [2.05, 4.69) is 4.98 Å². The van der Waals surface area contributed by atoms with Gasteiger partial charge in [-0.2, -0.15) is 0 Å². The van der Waals surface area contributed by atoms with E-state index in [1.54, 1.807) is 17.4 Å². The van der Waals surface area contributed by atoms with Gasteiger partial charge in [-0.15, -0.1) is 11.3 Å². The van der Waals surface area contributed by atoms with Crippen LogP contribution in [0.25, 0.3) is 0 Å². The molecule has 1 heterocycles. The summed E-state index contributed by atoms with van der Waals surface area (Å²) in [5.74, 6) is 0.330. The maximum absolute atomic E-state index is 9.68. The second-order valence-electron chi connectivity index (χ2n) is 4.21. The van der Waals surface area contributed by atoms with E-state index in [0.29, 0.717) is 12.2 Å². The largest absolute Gasteiger partial charge is 0.508 e. The number of phenolic OH excluding ortho intramolecular Hbond substituents is 1. The first-order valence-corrected chi connectivity index (χ1v) is 6.43. The molecule has 2 rings (SSSR count). The minimum atomic E-state index is 0.161. The standard InChI is InChI=1S/C13H16N2OS/c1-9(14)6-11-8-15-13(17-11)7-10-4-2-3-5-12(10)16/h2-5,8-9,16H,6-7,14H2,1H3. The Labute approximate surface area is 105 Å². The van der Waals surface area contributed by atoms with Gasteiger partial charge in [-0.3, -0.25) is 0 Å². The van der Waals surface area contributed by atoms with Crippen molar-refractivity contribution in [3.05, 3.63) is 45.9 Å². The molecule has 0 aliphatic heterocycles. The Hall–Kier alpha value is -1.39. The van der Waals surface area contributed by atoms with Gasteiger partial charge in [0.15, 0.2) is 0 Å². The van der Waals surface area contributed by atoms with Gasteiger partial charge in [-0.05, 0) is 19.4 Å². The first kappa shape index (κ1) is 12.1. The van der Waals surface area contributed by atoms with Crippen LogP contribution in [0.1, 0.15) is 22.4 Å². The van der Waals surface area contributed by atoms with E-state index >= 15 is 0 Å². The monoisotopic (exact) mass is 248 g/mol. The molecule has 1 aromatic heterocycles. The molecule has 0 saturated carbocycles. The first-order chi connectivity index (χ1) is 8.15. The van der Waals surface area contributed by atoms with Crippen molar-refractivity contribution in [2.45, 2.75) is 25.8 Å². The molecule has 0 bridgehead atoms. The van der Waals surface area contributed by atoms with Crippen LogP contribution in [0.15, 0.2) is 30.5 Å². The molecule has 2 aromatic rings. The molecule has 0 fully saturated rings. The van der Waals surface area contributed by atoms with Crippen LogP contribution in [0.2, 0.25) is 0 Å². The van der Waals surface area contributed by atoms with Crippen molar-refractivity contribution in [1.82, 2.24) is 4.98 Å². The molecule has 90 valence electrons. The summed E-state index contributed by atoms with van der Waals surface area (Å²) in [5.41, 5.74) is 6.66. The lowest BCUT2D eigenvalue weighted by molar-refractivity contribution is 0.469. The summed E-state index contributed by atoms with van der Waals surface area (Å²) in [6.07, 6.45) is 3.41. The summed E-state index contributed by atoms with van der Waals surface area (Å²) < 4.78 is 0. The fourth-order valence-corrected chi connectivity index (χ4v) is 2.75. The summed E-state index contributed by atoms with van der Waals surface area (Å²) in [4.78, 5) is 5.56. The van der Waals surface area contributed by atoms with Crippen LogP contribution < -0.4 is 5.73 Å². The number of thiazole rings is 1. The van der Waals surface area contributed by atoms with Crippen LogP contribution in [0.3, 0.4) is 0 Å². The lowest BCUT2D eigenvalue weighted by atomic mass is 10.1. The Morgan fingerprint density at radius 1 is 1.41 bits per heavy atom. The normalized spacial score (nSPS) is 12.6. The molecule has 0 amide bonds. The van der Waals surface area contributed by atoms with E-state index in [-0.39, 0.29) is 6.04 Å². The average Bonchev–Trinajstić information content (AvgIpc) is 2.68. The second kappa shape index (κ2) is 5.29. The van der Waals surface area contributed by atoms with E-state index in [4.69, 9.17) is 5.73 Å². The second-order valence-corrected chi connectivity index (χ2v) is 5.41. The molecule has 4 heteroatoms. The third-order valence-electron chi connectivity index (χ3n) is 2.46. The topological polar surface area (TPSA) is 59.1 Å². The molecule has 0 spiro atoms. The molecule has 3 nitrogen and oxygen atoms in total. The van der Waals surface area contributed by atoms with Gasteiger partial charge in [0.2, 0.25) is 0 Å². The maximum Gasteiger partial charge on any atom is 0.119 e. The predicted molar refractivity (Wildman–Crippen MR) is 70.4 cm³/mol. The number of phenols is 1. The number of hydrogen-bond donors (Lipinski definition) is 2. The summed E-state index contributed by atoms with van der Waals surface area (Å²) >= 11 is 1.66. The van der Waals surface area contributed by atoms with E-state index in [1.165, 1.54) is 4.88 Å². The molecule has 0 saturated heterocycles. The van der Waals surface area contributed by atoms with E-state index in [1.807, 2.05) is 31.3 Å². The van der Waals surface area contributed by atoms with Gasteiger partial charge in [-0.25, -0.2) is 4.98 Å². The molecular weight excluding hydrogens is 232 g/mol. The molecule has 0 aliphatic rings. The molecular formula is C13H16N2OS. The number of aromatic hydroxyl groups is 1. The highest BCUT2D eigenvalue weighted by Crippen LogP contribution is 2.22. The maximum atomic E-state index is 9.68. The number of benzene rings is 1. The minimum absolute atomic E-state index is 0.161. The van der Waals surface area contributed by atoms with Crippen molar-refractivity contribution >= 4 is 11.3 Å². The van der Waals surface area contributed by atoms with Gasteiger partial charge in [0.1, 0.15) is 5.75 Å². The summed E-state index contributed by atoms with van der Waals surface area (Å²) in [6.45, 7) is 1.99. The summed E-state index contributed by atoms with van der Waals surface area (Å²) in [6, 6.07) is 7.52. The number of para-hydroxylation sites is 1. The number of nitrogens with two attached hydrogens (primary N) is 1. The Bertz CT molecular complexity index is 494. The third-order valence-corrected chi connectivity index (χ3v) is 3.48. The van der Waals surface area contributed by atoms with Crippen LogP contribution in [0.4, 0.5) is 0 Å². The van der Waals surface area contributed by atoms with Gasteiger partial charge >= 0.3 is 0 Å². The number of rotatable bonds is 4. The molecule has 1 atom stereocenters. The smallest absolute Gasteiger partial charge is 0.119 e. The van der Waals surface area contributed by atoms with Crippen molar-refractivity contribution in [2.24, 2.45) is 5.73 Å². The van der Waals surface area contributed by atoms with Crippen molar-refractivity contribution < 1.29 is 5.11 Å². The highest BCUT2D eigenvalue weighted by atomic mass is 32.1. The van der Waals surface area contributed by atoms with Crippen molar-refractivity contribution in [3.8, 4) is 5.75 Å². The highest BCUT2D eigenvalue weighted by molar-refractivity contribution is 7.11. The molecule has 1 aromatic carbocycles. The SMILES string of the molecule is CC(N)Cc1cnc(Cc2ccccc2O)s1. The fraction of sp³-hybridized carbons (Fsp3) is 0.308. The molecule has 0 radical (unpaired) electrons.